The molecular formula is C12H11NO. The zero-order chi connectivity index (χ0) is 9.97. The van der Waals surface area contributed by atoms with Crippen LogP contribution in [-0.4, -0.2) is 5.91 Å². The molecule has 0 bridgehead atoms. The van der Waals surface area contributed by atoms with Gasteiger partial charge in [-0.3, -0.25) is 4.79 Å². The van der Waals surface area contributed by atoms with Crippen LogP contribution in [0, 0.1) is 0 Å². The molecule has 0 saturated heterocycles. The molecule has 2 heteroatoms. The van der Waals surface area contributed by atoms with E-state index < -0.39 is 0 Å². The van der Waals surface area contributed by atoms with Crippen LogP contribution in [0.2, 0.25) is 0 Å². The number of hydrogen-bond donors (Lipinski definition) is 1. The Hall–Kier alpha value is -1.83. The van der Waals surface area contributed by atoms with Gasteiger partial charge in [-0.25, -0.2) is 0 Å². The summed E-state index contributed by atoms with van der Waals surface area (Å²) in [5.74, 6) is -0.0775. The average molecular weight is 185 g/mol. The third-order valence-corrected chi connectivity index (χ3v) is 2.21. The van der Waals surface area contributed by atoms with E-state index in [-0.39, 0.29) is 5.91 Å². The van der Waals surface area contributed by atoms with Gasteiger partial charge in [-0.1, -0.05) is 37.0 Å². The highest BCUT2D eigenvalue weighted by Gasteiger charge is 2.17. The van der Waals surface area contributed by atoms with Gasteiger partial charge in [0, 0.05) is 17.7 Å². The lowest BCUT2D eigenvalue weighted by Gasteiger charge is -2.18. The SMILES string of the molecule is C=C1CC2=C(\C=C/C=C\C=C/2)NC1=O. The Kier molecular flexibility index (Phi) is 2.19. The summed E-state index contributed by atoms with van der Waals surface area (Å²) in [6.45, 7) is 3.72. The molecule has 2 rings (SSSR count). The molecule has 0 aromatic rings. The van der Waals surface area contributed by atoms with E-state index in [0.717, 1.165) is 11.3 Å². The highest BCUT2D eigenvalue weighted by Crippen LogP contribution is 2.21. The van der Waals surface area contributed by atoms with Crippen LogP contribution in [0.5, 0.6) is 0 Å². The number of carbonyl (C=O) groups is 1. The van der Waals surface area contributed by atoms with Gasteiger partial charge in [-0.15, -0.1) is 0 Å². The first-order valence-corrected chi connectivity index (χ1v) is 4.51. The van der Waals surface area contributed by atoms with Crippen LogP contribution in [0.15, 0.2) is 59.9 Å². The van der Waals surface area contributed by atoms with E-state index in [2.05, 4.69) is 11.9 Å². The second-order valence-corrected chi connectivity index (χ2v) is 3.28. The molecule has 1 amide bonds. The van der Waals surface area contributed by atoms with E-state index in [1.54, 1.807) is 0 Å². The molecule has 14 heavy (non-hydrogen) atoms. The lowest BCUT2D eigenvalue weighted by Crippen LogP contribution is -2.28. The van der Waals surface area contributed by atoms with Crippen molar-refractivity contribution in [1.29, 1.82) is 0 Å². The number of carbonyl (C=O) groups excluding carboxylic acids is 1. The van der Waals surface area contributed by atoms with Gasteiger partial charge >= 0.3 is 0 Å². The van der Waals surface area contributed by atoms with Crippen LogP contribution in [0.1, 0.15) is 6.42 Å². The van der Waals surface area contributed by atoms with Crippen LogP contribution in [0.25, 0.3) is 0 Å². The van der Waals surface area contributed by atoms with E-state index in [0.29, 0.717) is 12.0 Å². The fraction of sp³-hybridized carbons (Fsp3) is 0.0833. The summed E-state index contributed by atoms with van der Waals surface area (Å²) in [7, 11) is 0. The molecule has 0 aromatic carbocycles. The maximum Gasteiger partial charge on any atom is 0.251 e. The van der Waals surface area contributed by atoms with E-state index in [1.807, 2.05) is 36.5 Å². The minimum absolute atomic E-state index is 0.0775. The number of nitrogens with one attached hydrogen (secondary N) is 1. The normalized spacial score (nSPS) is 27.1. The molecular weight excluding hydrogens is 174 g/mol. The van der Waals surface area contributed by atoms with E-state index in [1.165, 1.54) is 0 Å². The highest BCUT2D eigenvalue weighted by atomic mass is 16.1. The largest absolute Gasteiger partial charge is 0.322 e. The fourth-order valence-electron chi connectivity index (χ4n) is 1.45. The standard InChI is InChI=1S/C12H11NO/c1-9-8-10-6-4-2-3-5-7-11(10)13-12(9)14/h2-7H,1,8H2,(H,13,14)/b3-2-,4-2?,5-3?,6-4-,7-5-,10-6?,11-7?. The monoisotopic (exact) mass is 185 g/mol. The van der Waals surface area contributed by atoms with Crippen molar-refractivity contribution in [3.05, 3.63) is 59.9 Å². The number of rotatable bonds is 0. The van der Waals surface area contributed by atoms with Crippen LogP contribution in [-0.2, 0) is 4.79 Å². The minimum atomic E-state index is -0.0775. The van der Waals surface area contributed by atoms with Gasteiger partial charge in [-0.2, -0.15) is 0 Å². The number of hydrogen-bond acceptors (Lipinski definition) is 1. The van der Waals surface area contributed by atoms with Gasteiger partial charge in [0.2, 0.25) is 0 Å². The molecule has 0 radical (unpaired) electrons. The summed E-state index contributed by atoms with van der Waals surface area (Å²) in [4.78, 5) is 11.3. The molecule has 1 N–H and O–H groups in total. The van der Waals surface area contributed by atoms with Crippen LogP contribution < -0.4 is 5.32 Å². The highest BCUT2D eigenvalue weighted by molar-refractivity contribution is 5.96. The minimum Gasteiger partial charge on any atom is -0.322 e. The number of amides is 1. The van der Waals surface area contributed by atoms with Crippen molar-refractivity contribution in [3.8, 4) is 0 Å². The maximum absolute atomic E-state index is 11.3. The summed E-state index contributed by atoms with van der Waals surface area (Å²) in [5, 5.41) is 2.81. The Morgan fingerprint density at radius 2 is 1.86 bits per heavy atom. The molecule has 0 spiro atoms. The number of allylic oxidation sites excluding steroid dienone is 7. The smallest absolute Gasteiger partial charge is 0.251 e. The maximum atomic E-state index is 11.3. The summed E-state index contributed by atoms with van der Waals surface area (Å²) < 4.78 is 0. The molecule has 2 aliphatic rings. The topological polar surface area (TPSA) is 29.1 Å². The molecule has 0 unspecified atom stereocenters. The van der Waals surface area contributed by atoms with Crippen LogP contribution in [0.3, 0.4) is 0 Å². The van der Waals surface area contributed by atoms with E-state index in [9.17, 15) is 4.79 Å². The van der Waals surface area contributed by atoms with Gasteiger partial charge in [0.1, 0.15) is 0 Å². The van der Waals surface area contributed by atoms with Gasteiger partial charge in [0.25, 0.3) is 5.91 Å². The molecule has 0 atom stereocenters. The third kappa shape index (κ3) is 1.59. The second kappa shape index (κ2) is 3.50. The lowest BCUT2D eigenvalue weighted by molar-refractivity contribution is -0.117. The van der Waals surface area contributed by atoms with Crippen molar-refractivity contribution in [3.63, 3.8) is 0 Å². The Balaban J connectivity index is 2.39. The summed E-state index contributed by atoms with van der Waals surface area (Å²) >= 11 is 0. The second-order valence-electron chi connectivity index (χ2n) is 3.28. The summed E-state index contributed by atoms with van der Waals surface area (Å²) in [6, 6.07) is 0. The fourth-order valence-corrected chi connectivity index (χ4v) is 1.45. The van der Waals surface area contributed by atoms with E-state index >= 15 is 0 Å². The molecule has 0 fully saturated rings. The first-order chi connectivity index (χ1) is 6.77. The Bertz CT molecular complexity index is 370. The van der Waals surface area contributed by atoms with Crippen molar-refractivity contribution in [2.75, 3.05) is 0 Å². The van der Waals surface area contributed by atoms with Crippen molar-refractivity contribution in [1.82, 2.24) is 5.32 Å². The summed E-state index contributed by atoms with van der Waals surface area (Å²) in [6.07, 6.45) is 12.3. The van der Waals surface area contributed by atoms with Crippen LogP contribution in [0.4, 0.5) is 0 Å². The Morgan fingerprint density at radius 1 is 1.14 bits per heavy atom. The molecule has 1 aliphatic carbocycles. The molecule has 0 aromatic heterocycles. The lowest BCUT2D eigenvalue weighted by atomic mass is 9.98. The predicted molar refractivity (Wildman–Crippen MR) is 56.3 cm³/mol. The van der Waals surface area contributed by atoms with Gasteiger partial charge in [0.15, 0.2) is 0 Å². The van der Waals surface area contributed by atoms with E-state index in [4.69, 9.17) is 0 Å². The molecule has 1 aliphatic heterocycles. The molecule has 1 heterocycles. The van der Waals surface area contributed by atoms with Crippen LogP contribution >= 0.6 is 0 Å². The first-order valence-electron chi connectivity index (χ1n) is 4.51. The third-order valence-electron chi connectivity index (χ3n) is 2.21. The summed E-state index contributed by atoms with van der Waals surface area (Å²) in [5.41, 5.74) is 2.60. The average Bonchev–Trinajstić information content (AvgIpc) is 2.13. The van der Waals surface area contributed by atoms with Crippen molar-refractivity contribution >= 4 is 5.91 Å². The Labute approximate surface area is 83.0 Å². The van der Waals surface area contributed by atoms with Crippen molar-refractivity contribution in [2.45, 2.75) is 6.42 Å². The quantitative estimate of drug-likeness (QED) is 0.574. The zero-order valence-corrected chi connectivity index (χ0v) is 7.79. The van der Waals surface area contributed by atoms with Gasteiger partial charge < -0.3 is 5.32 Å². The van der Waals surface area contributed by atoms with Gasteiger partial charge in [-0.05, 0) is 11.6 Å². The van der Waals surface area contributed by atoms with Gasteiger partial charge in [0.05, 0.1) is 0 Å². The predicted octanol–water partition coefficient (Wildman–Crippen LogP) is 2.00. The van der Waals surface area contributed by atoms with Crippen molar-refractivity contribution in [2.24, 2.45) is 0 Å². The Morgan fingerprint density at radius 3 is 2.64 bits per heavy atom. The van der Waals surface area contributed by atoms with Crippen molar-refractivity contribution < 1.29 is 4.79 Å². The molecule has 2 nitrogen and oxygen atoms in total. The molecule has 70 valence electrons. The first kappa shape index (κ1) is 8.75. The molecule has 0 saturated carbocycles. The zero-order valence-electron chi connectivity index (χ0n) is 7.79.